The lowest BCUT2D eigenvalue weighted by Crippen LogP contribution is -2.14. The fourth-order valence-electron chi connectivity index (χ4n) is 1.92. The number of ether oxygens (including phenoxy) is 1. The molecule has 0 saturated heterocycles. The number of nitrogens with one attached hydrogen (secondary N) is 1. The van der Waals surface area contributed by atoms with Crippen LogP contribution in [-0.2, 0) is 10.0 Å². The van der Waals surface area contributed by atoms with Crippen molar-refractivity contribution < 1.29 is 27.4 Å². The Labute approximate surface area is 132 Å². The molecular weight excluding hydrogens is 325 g/mol. The molecule has 0 aliphatic heterocycles. The van der Waals surface area contributed by atoms with E-state index < -0.39 is 27.4 Å². The Morgan fingerprint density at radius 1 is 1.26 bits per heavy atom. The molecule has 0 radical (unpaired) electrons. The third kappa shape index (κ3) is 3.42. The molecule has 0 unspecified atom stereocenters. The first-order chi connectivity index (χ1) is 10.8. The normalized spacial score (nSPS) is 11.1. The molecule has 122 valence electrons. The summed E-state index contributed by atoms with van der Waals surface area (Å²) in [4.78, 5) is 11.1. The lowest BCUT2D eigenvalue weighted by Gasteiger charge is -2.12. The molecule has 0 bridgehead atoms. The first kappa shape index (κ1) is 16.8. The molecule has 0 spiro atoms. The number of phenolic OH excluding ortho intramolecular Hbond substituents is 1. The van der Waals surface area contributed by atoms with Gasteiger partial charge in [-0.25, -0.2) is 12.8 Å². The van der Waals surface area contributed by atoms with Crippen molar-refractivity contribution in [3.63, 3.8) is 0 Å². The van der Waals surface area contributed by atoms with Crippen molar-refractivity contribution in [3.8, 4) is 11.5 Å². The van der Waals surface area contributed by atoms with Crippen LogP contribution in [0, 0.1) is 5.82 Å². The molecule has 0 saturated carbocycles. The van der Waals surface area contributed by atoms with Gasteiger partial charge in [-0.05, 0) is 31.2 Å². The van der Waals surface area contributed by atoms with Gasteiger partial charge in [0.15, 0.2) is 17.3 Å². The number of para-hydroxylation sites is 1. The molecule has 2 N–H and O–H groups in total. The van der Waals surface area contributed by atoms with Crippen LogP contribution in [0.2, 0.25) is 0 Å². The molecule has 2 aromatic carbocycles. The molecule has 23 heavy (non-hydrogen) atoms. The average Bonchev–Trinajstić information content (AvgIpc) is 2.49. The van der Waals surface area contributed by atoms with E-state index >= 15 is 0 Å². The Balaban J connectivity index is 2.43. The number of rotatable bonds is 5. The van der Waals surface area contributed by atoms with E-state index in [-0.39, 0.29) is 21.9 Å². The summed E-state index contributed by atoms with van der Waals surface area (Å²) in [7, 11) is -2.88. The predicted molar refractivity (Wildman–Crippen MR) is 81.9 cm³/mol. The number of hydrogen-bond acceptors (Lipinski definition) is 5. The number of anilines is 1. The topological polar surface area (TPSA) is 92.7 Å². The Bertz CT molecular complexity index is 864. The minimum atomic E-state index is -4.10. The standard InChI is InChI=1S/C15H14FNO5S/c1-9(18)11-4-3-5-13(15(11)19)17-23(20,21)10-6-7-12(16)14(8-10)22-2/h3-8,17,19H,1-2H3. The second-order valence-electron chi connectivity index (χ2n) is 4.66. The molecule has 0 aliphatic rings. The number of phenols is 1. The molecule has 0 amide bonds. The SMILES string of the molecule is COc1cc(S(=O)(=O)Nc2cccc(C(C)=O)c2O)ccc1F. The molecule has 8 heteroatoms. The molecule has 0 fully saturated rings. The zero-order chi connectivity index (χ0) is 17.2. The first-order valence-electron chi connectivity index (χ1n) is 6.45. The summed E-state index contributed by atoms with van der Waals surface area (Å²) in [6, 6.07) is 7.14. The maximum absolute atomic E-state index is 13.4. The van der Waals surface area contributed by atoms with Gasteiger partial charge in [-0.2, -0.15) is 0 Å². The van der Waals surface area contributed by atoms with Gasteiger partial charge in [0, 0.05) is 6.07 Å². The van der Waals surface area contributed by atoms with Gasteiger partial charge < -0.3 is 9.84 Å². The van der Waals surface area contributed by atoms with Gasteiger partial charge >= 0.3 is 0 Å². The highest BCUT2D eigenvalue weighted by Crippen LogP contribution is 2.30. The fourth-order valence-corrected chi connectivity index (χ4v) is 3.00. The maximum atomic E-state index is 13.4. The van der Waals surface area contributed by atoms with Crippen molar-refractivity contribution >= 4 is 21.5 Å². The Kier molecular flexibility index (Phi) is 4.55. The van der Waals surface area contributed by atoms with Crippen LogP contribution in [0.3, 0.4) is 0 Å². The minimum Gasteiger partial charge on any atom is -0.505 e. The summed E-state index contributed by atoms with van der Waals surface area (Å²) < 4.78 is 44.9. The number of methoxy groups -OCH3 is 1. The monoisotopic (exact) mass is 339 g/mol. The summed E-state index contributed by atoms with van der Waals surface area (Å²) in [5.41, 5.74) is -0.164. The highest BCUT2D eigenvalue weighted by molar-refractivity contribution is 7.92. The van der Waals surface area contributed by atoms with Gasteiger partial charge in [-0.1, -0.05) is 6.07 Å². The van der Waals surface area contributed by atoms with Gasteiger partial charge in [-0.3, -0.25) is 9.52 Å². The Morgan fingerprint density at radius 3 is 2.57 bits per heavy atom. The van der Waals surface area contributed by atoms with Crippen LogP contribution < -0.4 is 9.46 Å². The summed E-state index contributed by atoms with van der Waals surface area (Å²) in [6.07, 6.45) is 0. The Hall–Kier alpha value is -2.61. The fraction of sp³-hybridized carbons (Fsp3) is 0.133. The predicted octanol–water partition coefficient (Wildman–Crippen LogP) is 2.54. The maximum Gasteiger partial charge on any atom is 0.262 e. The zero-order valence-corrected chi connectivity index (χ0v) is 13.1. The zero-order valence-electron chi connectivity index (χ0n) is 12.3. The van der Waals surface area contributed by atoms with Gasteiger partial charge in [0.2, 0.25) is 0 Å². The molecule has 0 aliphatic carbocycles. The highest BCUT2D eigenvalue weighted by Gasteiger charge is 2.20. The number of aromatic hydroxyl groups is 1. The molecule has 2 aromatic rings. The number of halogens is 1. The largest absolute Gasteiger partial charge is 0.505 e. The third-order valence-corrected chi connectivity index (χ3v) is 4.46. The van der Waals surface area contributed by atoms with Crippen LogP contribution in [0.15, 0.2) is 41.3 Å². The van der Waals surface area contributed by atoms with Gasteiger partial charge in [0.05, 0.1) is 23.3 Å². The number of benzene rings is 2. The van der Waals surface area contributed by atoms with Crippen LogP contribution in [0.25, 0.3) is 0 Å². The van der Waals surface area contributed by atoms with E-state index in [1.165, 1.54) is 32.2 Å². The summed E-state index contributed by atoms with van der Waals surface area (Å²) >= 11 is 0. The van der Waals surface area contributed by atoms with Gasteiger partial charge in [-0.15, -0.1) is 0 Å². The second kappa shape index (κ2) is 6.25. The summed E-state index contributed by atoms with van der Waals surface area (Å²) in [5.74, 6) is -1.81. The number of Topliss-reactive ketones (excluding diaryl/α,β-unsaturated/α-hetero) is 1. The molecule has 0 heterocycles. The molecule has 6 nitrogen and oxygen atoms in total. The van der Waals surface area contributed by atoms with E-state index in [2.05, 4.69) is 4.72 Å². The molecular formula is C15H14FNO5S. The van der Waals surface area contributed by atoms with E-state index in [1.807, 2.05) is 0 Å². The van der Waals surface area contributed by atoms with E-state index in [0.717, 1.165) is 18.2 Å². The summed E-state index contributed by atoms with van der Waals surface area (Å²) in [5, 5.41) is 9.98. The van der Waals surface area contributed by atoms with Crippen molar-refractivity contribution in [2.24, 2.45) is 0 Å². The Morgan fingerprint density at radius 2 is 1.96 bits per heavy atom. The minimum absolute atomic E-state index is 0.0121. The number of carbonyl (C=O) groups is 1. The first-order valence-corrected chi connectivity index (χ1v) is 7.94. The molecule has 2 rings (SSSR count). The smallest absolute Gasteiger partial charge is 0.262 e. The van der Waals surface area contributed by atoms with E-state index in [4.69, 9.17) is 4.74 Å². The average molecular weight is 339 g/mol. The lowest BCUT2D eigenvalue weighted by atomic mass is 10.1. The van der Waals surface area contributed by atoms with Crippen molar-refractivity contribution in [3.05, 3.63) is 47.8 Å². The van der Waals surface area contributed by atoms with Crippen LogP contribution in [0.5, 0.6) is 11.5 Å². The lowest BCUT2D eigenvalue weighted by molar-refractivity contribution is 0.101. The number of ketones is 1. The van der Waals surface area contributed by atoms with Crippen molar-refractivity contribution in [1.82, 2.24) is 0 Å². The van der Waals surface area contributed by atoms with Crippen molar-refractivity contribution in [2.75, 3.05) is 11.8 Å². The van der Waals surface area contributed by atoms with E-state index in [9.17, 15) is 22.7 Å². The molecule has 0 atom stereocenters. The van der Waals surface area contributed by atoms with E-state index in [0.29, 0.717) is 0 Å². The van der Waals surface area contributed by atoms with Crippen LogP contribution in [0.1, 0.15) is 17.3 Å². The van der Waals surface area contributed by atoms with Gasteiger partial charge in [0.25, 0.3) is 10.0 Å². The number of carbonyl (C=O) groups excluding carboxylic acids is 1. The van der Waals surface area contributed by atoms with Crippen molar-refractivity contribution in [1.29, 1.82) is 0 Å². The second-order valence-corrected chi connectivity index (χ2v) is 6.34. The summed E-state index contributed by atoms with van der Waals surface area (Å²) in [6.45, 7) is 1.25. The highest BCUT2D eigenvalue weighted by atomic mass is 32.2. The molecule has 0 aromatic heterocycles. The van der Waals surface area contributed by atoms with Crippen molar-refractivity contribution in [2.45, 2.75) is 11.8 Å². The number of hydrogen-bond donors (Lipinski definition) is 2. The third-order valence-electron chi connectivity index (χ3n) is 3.09. The van der Waals surface area contributed by atoms with Gasteiger partial charge in [0.1, 0.15) is 5.75 Å². The quantitative estimate of drug-likeness (QED) is 0.645. The number of sulfonamides is 1. The van der Waals surface area contributed by atoms with Crippen LogP contribution in [-0.4, -0.2) is 26.4 Å². The van der Waals surface area contributed by atoms with Crippen LogP contribution in [0.4, 0.5) is 10.1 Å². The van der Waals surface area contributed by atoms with Crippen LogP contribution >= 0.6 is 0 Å². The van der Waals surface area contributed by atoms with E-state index in [1.54, 1.807) is 0 Å².